The van der Waals surface area contributed by atoms with E-state index >= 15 is 0 Å². The lowest BCUT2D eigenvalue weighted by Gasteiger charge is -2.36. The highest BCUT2D eigenvalue weighted by Gasteiger charge is 2.42. The molecule has 2 heterocycles. The topological polar surface area (TPSA) is 167 Å². The maximum absolute atomic E-state index is 12.8. The summed E-state index contributed by atoms with van der Waals surface area (Å²) in [7, 11) is -7.84. The van der Waals surface area contributed by atoms with Crippen molar-refractivity contribution in [3.63, 3.8) is 0 Å². The van der Waals surface area contributed by atoms with E-state index in [9.17, 15) is 31.2 Å². The Hall–Kier alpha value is -2.03. The fraction of sp³-hybridized carbons (Fsp3) is 0.611. The van der Waals surface area contributed by atoms with Crippen molar-refractivity contribution < 1.29 is 40.7 Å². The van der Waals surface area contributed by atoms with Gasteiger partial charge >= 0.3 is 11.9 Å². The Kier molecular flexibility index (Phi) is 8.42. The van der Waals surface area contributed by atoms with Crippen molar-refractivity contribution in [1.29, 1.82) is 0 Å². The van der Waals surface area contributed by atoms with Crippen LogP contribution in [0.2, 0.25) is 0 Å². The van der Waals surface area contributed by atoms with Gasteiger partial charge in [0.05, 0.1) is 17.9 Å². The summed E-state index contributed by atoms with van der Waals surface area (Å²) in [6.07, 6.45) is 0.349. The number of carbonyl (C=O) groups excluding carboxylic acids is 3. The second-order valence-corrected chi connectivity index (χ2v) is 12.6. The van der Waals surface area contributed by atoms with E-state index < -0.39 is 49.7 Å². The van der Waals surface area contributed by atoms with E-state index in [-0.39, 0.29) is 52.3 Å². The first-order valence-electron chi connectivity index (χ1n) is 9.77. The van der Waals surface area contributed by atoms with Gasteiger partial charge in [-0.2, -0.15) is 0 Å². The molecule has 1 aromatic rings. The molecular weight excluding hydrogens is 484 g/mol. The molecule has 2 atom stereocenters. The number of esters is 2. The van der Waals surface area contributed by atoms with Crippen molar-refractivity contribution >= 4 is 49.0 Å². The third-order valence-electron chi connectivity index (χ3n) is 4.91. The van der Waals surface area contributed by atoms with Crippen LogP contribution in [0.4, 0.5) is 0 Å². The number of amides is 1. The van der Waals surface area contributed by atoms with Crippen LogP contribution in [-0.4, -0.2) is 64.6 Å². The van der Waals surface area contributed by atoms with Crippen LogP contribution in [0, 0.1) is 0 Å². The molecule has 0 bridgehead atoms. The van der Waals surface area contributed by atoms with Gasteiger partial charge in [0.15, 0.2) is 16.4 Å². The quantitative estimate of drug-likeness (QED) is 0.372. The fourth-order valence-corrected chi connectivity index (χ4v) is 7.73. The van der Waals surface area contributed by atoms with Crippen molar-refractivity contribution in [2.24, 2.45) is 5.14 Å². The third kappa shape index (κ3) is 6.05. The lowest BCUT2D eigenvalue weighted by atomic mass is 10.0. The highest BCUT2D eigenvalue weighted by molar-refractivity contribution is 7.95. The van der Waals surface area contributed by atoms with Gasteiger partial charge in [0, 0.05) is 25.5 Å². The summed E-state index contributed by atoms with van der Waals surface area (Å²) in [5.41, 5.74) is 0.250. The Morgan fingerprint density at radius 1 is 1.28 bits per heavy atom. The molecule has 0 unspecified atom stereocenters. The van der Waals surface area contributed by atoms with Gasteiger partial charge in [0.2, 0.25) is 15.9 Å². The van der Waals surface area contributed by atoms with Crippen LogP contribution in [0.15, 0.2) is 14.5 Å². The number of sulfonamides is 1. The molecule has 0 fully saturated rings. The van der Waals surface area contributed by atoms with Crippen LogP contribution in [0.1, 0.15) is 51.6 Å². The molecule has 1 amide bonds. The van der Waals surface area contributed by atoms with Gasteiger partial charge in [0.1, 0.15) is 8.42 Å². The van der Waals surface area contributed by atoms with Crippen molar-refractivity contribution in [2.45, 2.75) is 59.7 Å². The lowest BCUT2D eigenvalue weighted by molar-refractivity contribution is -0.157. The summed E-state index contributed by atoms with van der Waals surface area (Å²) < 4.78 is 58.1. The van der Waals surface area contributed by atoms with Crippen LogP contribution in [0.3, 0.4) is 0 Å². The van der Waals surface area contributed by atoms with E-state index in [1.165, 1.54) is 17.9 Å². The molecule has 1 aliphatic rings. The number of hydrogen-bond donors (Lipinski definition) is 1. The molecule has 0 saturated heterocycles. The summed E-state index contributed by atoms with van der Waals surface area (Å²) in [6.45, 7) is 4.11. The smallest absolute Gasteiger partial charge is 0.344 e. The Bertz CT molecular complexity index is 1090. The molecule has 0 spiro atoms. The van der Waals surface area contributed by atoms with E-state index in [2.05, 4.69) is 4.74 Å². The molecule has 0 saturated carbocycles. The predicted molar refractivity (Wildman–Crippen MR) is 114 cm³/mol. The number of ether oxygens (including phenoxy) is 2. The van der Waals surface area contributed by atoms with Gasteiger partial charge < -0.3 is 14.4 Å². The van der Waals surface area contributed by atoms with Crippen molar-refractivity contribution in [2.75, 3.05) is 19.8 Å². The minimum Gasteiger partial charge on any atom is -0.463 e. The van der Waals surface area contributed by atoms with Gasteiger partial charge in [-0.05, 0) is 32.8 Å². The average Bonchev–Trinajstić information content (AvgIpc) is 3.15. The number of thiophene rings is 1. The number of sulfone groups is 1. The van der Waals surface area contributed by atoms with E-state index in [4.69, 9.17) is 9.88 Å². The van der Waals surface area contributed by atoms with E-state index in [1.807, 2.05) is 0 Å². The zero-order valence-electron chi connectivity index (χ0n) is 17.9. The van der Waals surface area contributed by atoms with Crippen LogP contribution in [-0.2, 0) is 43.7 Å². The van der Waals surface area contributed by atoms with Crippen LogP contribution in [0.25, 0.3) is 0 Å². The standard InChI is InChI=1S/C18H26N2O9S3/c1-4-20(15(22)6-5-7-28-16(23)10-29-12(3)21)14-8-11(2)31(24,25)18-13(14)9-17(30-18)32(19,26)27/h9,11,14H,4-8,10H2,1-3H3,(H2,19,26,27)/t11-,14-/m0/s1. The Morgan fingerprint density at radius 3 is 2.50 bits per heavy atom. The van der Waals surface area contributed by atoms with Crippen LogP contribution in [0.5, 0.6) is 0 Å². The maximum Gasteiger partial charge on any atom is 0.344 e. The van der Waals surface area contributed by atoms with Gasteiger partial charge in [-0.15, -0.1) is 11.3 Å². The normalized spacial score (nSPS) is 19.6. The first-order valence-corrected chi connectivity index (χ1v) is 13.7. The molecule has 1 aromatic heterocycles. The van der Waals surface area contributed by atoms with Crippen molar-refractivity contribution in [1.82, 2.24) is 4.90 Å². The van der Waals surface area contributed by atoms with Gasteiger partial charge in [0.25, 0.3) is 0 Å². The number of primary sulfonamides is 1. The van der Waals surface area contributed by atoms with Gasteiger partial charge in [-0.1, -0.05) is 0 Å². The molecule has 0 radical (unpaired) electrons. The van der Waals surface area contributed by atoms with Crippen LogP contribution < -0.4 is 5.14 Å². The minimum atomic E-state index is -4.11. The van der Waals surface area contributed by atoms with E-state index in [1.54, 1.807) is 6.92 Å². The molecule has 0 aromatic carbocycles. The average molecular weight is 511 g/mol. The predicted octanol–water partition coefficient (Wildman–Crippen LogP) is 0.738. The second-order valence-electron chi connectivity index (χ2n) is 7.24. The first-order chi connectivity index (χ1) is 14.8. The largest absolute Gasteiger partial charge is 0.463 e. The van der Waals surface area contributed by atoms with Crippen molar-refractivity contribution in [3.8, 4) is 0 Å². The number of hydrogen-bond acceptors (Lipinski definition) is 10. The van der Waals surface area contributed by atoms with Crippen molar-refractivity contribution in [3.05, 3.63) is 11.6 Å². The monoisotopic (exact) mass is 510 g/mol. The van der Waals surface area contributed by atoms with Crippen LogP contribution >= 0.6 is 11.3 Å². The number of nitrogens with zero attached hydrogens (tertiary/aromatic N) is 1. The summed E-state index contributed by atoms with van der Waals surface area (Å²) in [5, 5.41) is 4.38. The highest BCUT2D eigenvalue weighted by atomic mass is 32.3. The SMILES string of the molecule is CCN(C(=O)CCCOC(=O)COC(C)=O)[C@H]1C[C@H](C)S(=O)(=O)c2sc(S(N)(=O)=O)cc21. The number of fused-ring (bicyclic) bond motifs is 1. The van der Waals surface area contributed by atoms with E-state index in [0.717, 1.165) is 6.92 Å². The van der Waals surface area contributed by atoms with Gasteiger partial charge in [-0.25, -0.2) is 26.8 Å². The fourth-order valence-electron chi connectivity index (χ4n) is 3.33. The Labute approximate surface area is 190 Å². The summed E-state index contributed by atoms with van der Waals surface area (Å²) in [5.74, 6) is -1.64. The third-order valence-corrected chi connectivity index (χ3v) is 10.2. The number of carbonyl (C=O) groups is 3. The summed E-state index contributed by atoms with van der Waals surface area (Å²) in [4.78, 5) is 36.4. The summed E-state index contributed by atoms with van der Waals surface area (Å²) >= 11 is 0.595. The van der Waals surface area contributed by atoms with Gasteiger partial charge in [-0.3, -0.25) is 9.59 Å². The molecular formula is C18H26N2O9S3. The van der Waals surface area contributed by atoms with E-state index in [0.29, 0.717) is 11.3 Å². The Morgan fingerprint density at radius 2 is 1.94 bits per heavy atom. The molecule has 0 aliphatic carbocycles. The summed E-state index contributed by atoms with van der Waals surface area (Å²) in [6, 6.07) is 0.607. The zero-order chi connectivity index (χ0) is 24.3. The molecule has 2 N–H and O–H groups in total. The Balaban J connectivity index is 2.13. The minimum absolute atomic E-state index is 0.0217. The maximum atomic E-state index is 12.8. The molecule has 2 rings (SSSR count). The second kappa shape index (κ2) is 10.3. The first kappa shape index (κ1) is 26.2. The molecule has 14 heteroatoms. The zero-order valence-corrected chi connectivity index (χ0v) is 20.3. The number of nitrogens with two attached hydrogens (primary N) is 1. The molecule has 11 nitrogen and oxygen atoms in total. The highest BCUT2D eigenvalue weighted by Crippen LogP contribution is 2.45. The molecule has 180 valence electrons. The molecule has 32 heavy (non-hydrogen) atoms. The molecule has 1 aliphatic heterocycles. The lowest BCUT2D eigenvalue weighted by Crippen LogP contribution is -2.40. The number of rotatable bonds is 9.